The molecule has 1 aliphatic heterocycles. The van der Waals surface area contributed by atoms with E-state index in [-0.39, 0.29) is 29.3 Å². The highest BCUT2D eigenvalue weighted by atomic mass is 32.2. The van der Waals surface area contributed by atoms with E-state index in [1.165, 1.54) is 22.6 Å². The molecule has 1 saturated carbocycles. The summed E-state index contributed by atoms with van der Waals surface area (Å²) in [6.07, 6.45) is 4.51. The van der Waals surface area contributed by atoms with E-state index in [1.807, 2.05) is 0 Å². The zero-order valence-corrected chi connectivity index (χ0v) is 15.4. The third-order valence-corrected chi connectivity index (χ3v) is 7.41. The van der Waals surface area contributed by atoms with Crippen LogP contribution in [0.2, 0.25) is 0 Å². The highest BCUT2D eigenvalue weighted by Gasteiger charge is 2.54. The number of sulfonamides is 1. The minimum Gasteiger partial charge on any atom is -0.473 e. The summed E-state index contributed by atoms with van der Waals surface area (Å²) in [6, 6.07) is 2.93. The number of halogens is 1. The highest BCUT2D eigenvalue weighted by Crippen LogP contribution is 2.59. The minimum atomic E-state index is -3.57. The molecule has 1 aliphatic carbocycles. The van der Waals surface area contributed by atoms with Gasteiger partial charge in [0.25, 0.3) is 0 Å². The van der Waals surface area contributed by atoms with Gasteiger partial charge >= 0.3 is 0 Å². The van der Waals surface area contributed by atoms with Gasteiger partial charge in [-0.2, -0.15) is 4.31 Å². The predicted molar refractivity (Wildman–Crippen MR) is 95.6 cm³/mol. The summed E-state index contributed by atoms with van der Waals surface area (Å²) >= 11 is 0. The summed E-state index contributed by atoms with van der Waals surface area (Å²) in [7, 11) is -3.57. The van der Waals surface area contributed by atoms with Crippen molar-refractivity contribution in [2.45, 2.75) is 24.2 Å². The molecule has 26 heavy (non-hydrogen) atoms. The lowest BCUT2D eigenvalue weighted by atomic mass is 9.92. The second-order valence-electron chi connectivity index (χ2n) is 7.00. The number of hydrogen-bond acceptors (Lipinski definition) is 6. The Morgan fingerprint density at radius 1 is 1.38 bits per heavy atom. The molecule has 0 aromatic carbocycles. The number of pyridine rings is 1. The van der Waals surface area contributed by atoms with Crippen molar-refractivity contribution in [1.82, 2.24) is 9.29 Å². The molecule has 2 heterocycles. The van der Waals surface area contributed by atoms with Crippen LogP contribution in [0.25, 0.3) is 0 Å². The molecule has 1 saturated heterocycles. The van der Waals surface area contributed by atoms with E-state index in [9.17, 15) is 12.8 Å². The minimum absolute atomic E-state index is 0.0252. The van der Waals surface area contributed by atoms with Crippen LogP contribution in [0, 0.1) is 11.3 Å². The first-order valence-electron chi connectivity index (χ1n) is 8.72. The SMILES string of the molecule is NC/C(=C/F)COc1ccc(S(=O)(=O)N2CCC3(CC2)CC3CN)cn1. The van der Waals surface area contributed by atoms with Crippen molar-refractivity contribution in [3.05, 3.63) is 30.2 Å². The second kappa shape index (κ2) is 7.59. The Balaban J connectivity index is 1.61. The number of nitrogens with zero attached hydrogens (tertiary/aromatic N) is 2. The summed E-state index contributed by atoms with van der Waals surface area (Å²) in [4.78, 5) is 4.14. The van der Waals surface area contributed by atoms with Gasteiger partial charge in [0.2, 0.25) is 15.9 Å². The monoisotopic (exact) mass is 384 g/mol. The molecule has 0 amide bonds. The molecule has 3 rings (SSSR count). The zero-order chi connectivity index (χ0) is 18.8. The Kier molecular flexibility index (Phi) is 5.61. The molecule has 1 aromatic rings. The highest BCUT2D eigenvalue weighted by molar-refractivity contribution is 7.89. The smallest absolute Gasteiger partial charge is 0.244 e. The maximum Gasteiger partial charge on any atom is 0.244 e. The van der Waals surface area contributed by atoms with Gasteiger partial charge in [-0.05, 0) is 43.2 Å². The normalized spacial score (nSPS) is 23.2. The summed E-state index contributed by atoms with van der Waals surface area (Å²) in [6.45, 7) is 1.73. The van der Waals surface area contributed by atoms with Crippen molar-refractivity contribution in [1.29, 1.82) is 0 Å². The van der Waals surface area contributed by atoms with Gasteiger partial charge in [-0.1, -0.05) is 0 Å². The summed E-state index contributed by atoms with van der Waals surface area (Å²) in [5.41, 5.74) is 11.7. The fourth-order valence-corrected chi connectivity index (χ4v) is 4.99. The maximum absolute atomic E-state index is 12.8. The topological polar surface area (TPSA) is 112 Å². The molecular weight excluding hydrogens is 359 g/mol. The first-order chi connectivity index (χ1) is 12.4. The Hall–Kier alpha value is -1.55. The van der Waals surface area contributed by atoms with Crippen LogP contribution in [0.1, 0.15) is 19.3 Å². The van der Waals surface area contributed by atoms with Crippen molar-refractivity contribution < 1.29 is 17.5 Å². The zero-order valence-electron chi connectivity index (χ0n) is 14.6. The van der Waals surface area contributed by atoms with Gasteiger partial charge in [0, 0.05) is 31.3 Å². The lowest BCUT2D eigenvalue weighted by molar-refractivity contribution is 0.241. The molecule has 7 nitrogen and oxygen atoms in total. The summed E-state index contributed by atoms with van der Waals surface area (Å²) < 4.78 is 44.8. The lowest BCUT2D eigenvalue weighted by Gasteiger charge is -2.32. The van der Waals surface area contributed by atoms with E-state index in [1.54, 1.807) is 0 Å². The van der Waals surface area contributed by atoms with Crippen LogP contribution in [0.4, 0.5) is 4.39 Å². The van der Waals surface area contributed by atoms with Gasteiger partial charge in [-0.3, -0.25) is 0 Å². The van der Waals surface area contributed by atoms with Gasteiger partial charge < -0.3 is 16.2 Å². The number of rotatable bonds is 7. The largest absolute Gasteiger partial charge is 0.473 e. The van der Waals surface area contributed by atoms with Crippen molar-refractivity contribution in [3.63, 3.8) is 0 Å². The van der Waals surface area contributed by atoms with Crippen LogP contribution < -0.4 is 16.2 Å². The van der Waals surface area contributed by atoms with Crippen molar-refractivity contribution in [2.24, 2.45) is 22.8 Å². The van der Waals surface area contributed by atoms with Crippen LogP contribution in [0.15, 0.2) is 35.1 Å². The van der Waals surface area contributed by atoms with Crippen LogP contribution in [0.3, 0.4) is 0 Å². The molecule has 0 radical (unpaired) electrons. The second-order valence-corrected chi connectivity index (χ2v) is 8.93. The average molecular weight is 384 g/mol. The van der Waals surface area contributed by atoms with Crippen LogP contribution in [-0.4, -0.2) is 50.5 Å². The Labute approximate surface area is 153 Å². The number of nitrogens with two attached hydrogens (primary N) is 2. The Morgan fingerprint density at radius 3 is 2.62 bits per heavy atom. The van der Waals surface area contributed by atoms with E-state index in [4.69, 9.17) is 16.2 Å². The fourth-order valence-electron chi connectivity index (χ4n) is 3.60. The quantitative estimate of drug-likeness (QED) is 0.726. The molecule has 4 N–H and O–H groups in total. The van der Waals surface area contributed by atoms with Crippen molar-refractivity contribution >= 4 is 10.0 Å². The van der Waals surface area contributed by atoms with Gasteiger partial charge in [0.15, 0.2) is 0 Å². The molecule has 2 fully saturated rings. The molecule has 1 spiro atoms. The standard InChI is InChI=1S/C17H25FN4O3S/c18-8-13(9-19)12-25-16-2-1-15(11-21-16)26(23,24)22-5-3-17(4-6-22)7-14(17)10-20/h1-2,8,11,14H,3-7,9-10,12,19-20H2/b13-8-. The third kappa shape index (κ3) is 3.75. The van der Waals surface area contributed by atoms with Gasteiger partial charge in [-0.15, -0.1) is 0 Å². The van der Waals surface area contributed by atoms with E-state index in [2.05, 4.69) is 4.98 Å². The number of ether oxygens (including phenoxy) is 1. The van der Waals surface area contributed by atoms with E-state index >= 15 is 0 Å². The summed E-state index contributed by atoms with van der Waals surface area (Å²) in [5.74, 6) is 0.764. The molecule has 1 unspecified atom stereocenters. The van der Waals surface area contributed by atoms with Crippen molar-refractivity contribution in [2.75, 3.05) is 32.8 Å². The Morgan fingerprint density at radius 2 is 2.12 bits per heavy atom. The first-order valence-corrected chi connectivity index (χ1v) is 10.2. The molecule has 9 heteroatoms. The molecule has 1 atom stereocenters. The van der Waals surface area contributed by atoms with Crippen molar-refractivity contribution in [3.8, 4) is 5.88 Å². The molecular formula is C17H25FN4O3S. The summed E-state index contributed by atoms with van der Waals surface area (Å²) in [5, 5.41) is 0. The average Bonchev–Trinajstić information content (AvgIpc) is 3.35. The van der Waals surface area contributed by atoms with Gasteiger partial charge in [0.05, 0.1) is 12.5 Å². The first kappa shape index (κ1) is 19.2. The molecule has 1 aromatic heterocycles. The number of aromatic nitrogens is 1. The molecule has 0 bridgehead atoms. The van der Waals surface area contributed by atoms with Crippen LogP contribution in [0.5, 0.6) is 5.88 Å². The maximum atomic E-state index is 12.8. The predicted octanol–water partition coefficient (Wildman–Crippen LogP) is 1.02. The van der Waals surface area contributed by atoms with E-state index in [0.29, 0.717) is 37.5 Å². The van der Waals surface area contributed by atoms with Gasteiger partial charge in [0.1, 0.15) is 11.5 Å². The van der Waals surface area contributed by atoms with Crippen LogP contribution >= 0.6 is 0 Å². The number of piperidine rings is 1. The fraction of sp³-hybridized carbons (Fsp3) is 0.588. The number of hydrogen-bond donors (Lipinski definition) is 2. The van der Waals surface area contributed by atoms with E-state index < -0.39 is 10.0 Å². The lowest BCUT2D eigenvalue weighted by Crippen LogP contribution is -2.39. The van der Waals surface area contributed by atoms with Crippen LogP contribution in [-0.2, 0) is 10.0 Å². The molecule has 144 valence electrons. The van der Waals surface area contributed by atoms with E-state index in [0.717, 1.165) is 19.3 Å². The molecule has 2 aliphatic rings. The van der Waals surface area contributed by atoms with Gasteiger partial charge in [-0.25, -0.2) is 17.8 Å². The Bertz CT molecular complexity index is 759. The third-order valence-electron chi connectivity index (χ3n) is 5.53.